The van der Waals surface area contributed by atoms with Crippen molar-refractivity contribution < 1.29 is 4.79 Å². The number of rotatable bonds is 5. The van der Waals surface area contributed by atoms with E-state index in [4.69, 9.17) is 5.73 Å². The zero-order chi connectivity index (χ0) is 15.5. The van der Waals surface area contributed by atoms with Gasteiger partial charge in [0.05, 0.1) is 6.04 Å². The second-order valence-corrected chi connectivity index (χ2v) is 6.77. The maximum atomic E-state index is 11.8. The van der Waals surface area contributed by atoms with Gasteiger partial charge < -0.3 is 11.1 Å². The first kappa shape index (κ1) is 16.0. The average molecular weight is 288 g/mol. The fraction of sp³-hybridized carbons (Fsp3) is 0.611. The number of benzene rings is 1. The highest BCUT2D eigenvalue weighted by atomic mass is 16.2. The van der Waals surface area contributed by atoms with Gasteiger partial charge in [0.2, 0.25) is 5.91 Å². The first-order chi connectivity index (χ1) is 9.94. The van der Waals surface area contributed by atoms with Gasteiger partial charge in [0.15, 0.2) is 0 Å². The van der Waals surface area contributed by atoms with Crippen LogP contribution in [0.4, 0.5) is 0 Å². The van der Waals surface area contributed by atoms with E-state index in [1.165, 1.54) is 24.0 Å². The van der Waals surface area contributed by atoms with E-state index in [0.29, 0.717) is 12.5 Å². The van der Waals surface area contributed by atoms with Crippen molar-refractivity contribution in [1.82, 2.24) is 5.32 Å². The molecule has 1 saturated carbocycles. The van der Waals surface area contributed by atoms with Crippen molar-refractivity contribution in [3.8, 4) is 0 Å². The Morgan fingerprint density at radius 2 is 1.76 bits per heavy atom. The summed E-state index contributed by atoms with van der Waals surface area (Å²) >= 11 is 0. The zero-order valence-electron chi connectivity index (χ0n) is 13.5. The number of nitrogens with one attached hydrogen (secondary N) is 1. The summed E-state index contributed by atoms with van der Waals surface area (Å²) < 4.78 is 0. The molecule has 2 rings (SSSR count). The molecule has 0 unspecified atom stereocenters. The second-order valence-electron chi connectivity index (χ2n) is 6.77. The first-order valence-corrected chi connectivity index (χ1v) is 8.08. The third kappa shape index (κ3) is 3.65. The van der Waals surface area contributed by atoms with Gasteiger partial charge in [-0.05, 0) is 36.8 Å². The molecule has 0 aromatic heterocycles. The molecule has 1 aromatic rings. The minimum Gasteiger partial charge on any atom is -0.354 e. The Hall–Kier alpha value is -1.35. The normalized spacial score (nSPS) is 18.7. The van der Waals surface area contributed by atoms with Crippen molar-refractivity contribution in [2.45, 2.75) is 63.8 Å². The van der Waals surface area contributed by atoms with E-state index in [9.17, 15) is 4.79 Å². The van der Waals surface area contributed by atoms with Gasteiger partial charge in [0.1, 0.15) is 0 Å². The number of nitrogens with two attached hydrogens (primary N) is 1. The lowest BCUT2D eigenvalue weighted by molar-refractivity contribution is -0.122. The SMILES string of the molecule is CC(C)c1ccc(C2(CNC(=O)[C@@H](C)N)CCCC2)cc1. The summed E-state index contributed by atoms with van der Waals surface area (Å²) in [7, 11) is 0. The van der Waals surface area contributed by atoms with Crippen molar-refractivity contribution in [2.24, 2.45) is 5.73 Å². The molecular weight excluding hydrogens is 260 g/mol. The summed E-state index contributed by atoms with van der Waals surface area (Å²) in [5.41, 5.74) is 8.46. The summed E-state index contributed by atoms with van der Waals surface area (Å²) in [5, 5.41) is 3.04. The molecule has 3 nitrogen and oxygen atoms in total. The van der Waals surface area contributed by atoms with Gasteiger partial charge in [0, 0.05) is 12.0 Å². The number of hydrogen-bond acceptors (Lipinski definition) is 2. The van der Waals surface area contributed by atoms with Crippen LogP contribution in [0.1, 0.15) is 63.5 Å². The van der Waals surface area contributed by atoms with Gasteiger partial charge in [-0.15, -0.1) is 0 Å². The van der Waals surface area contributed by atoms with E-state index in [1.807, 2.05) is 0 Å². The highest BCUT2D eigenvalue weighted by Crippen LogP contribution is 2.41. The number of carbonyl (C=O) groups excluding carboxylic acids is 1. The smallest absolute Gasteiger partial charge is 0.236 e. The van der Waals surface area contributed by atoms with Gasteiger partial charge >= 0.3 is 0 Å². The molecule has 3 N–H and O–H groups in total. The Morgan fingerprint density at radius 3 is 2.24 bits per heavy atom. The standard InChI is InChI=1S/C18H28N2O/c1-13(2)15-6-8-16(9-7-15)18(10-4-5-11-18)12-20-17(21)14(3)19/h6-9,13-14H,4-5,10-12,19H2,1-3H3,(H,20,21)/t14-/m1/s1. The minimum atomic E-state index is -0.438. The third-order valence-electron chi connectivity index (χ3n) is 4.76. The summed E-state index contributed by atoms with van der Waals surface area (Å²) in [4.78, 5) is 11.8. The molecule has 1 atom stereocenters. The van der Waals surface area contributed by atoms with Gasteiger partial charge in [-0.1, -0.05) is 51.0 Å². The van der Waals surface area contributed by atoms with Crippen molar-refractivity contribution in [2.75, 3.05) is 6.54 Å². The molecule has 21 heavy (non-hydrogen) atoms. The topological polar surface area (TPSA) is 55.1 Å². The molecule has 1 amide bonds. The molecule has 0 aliphatic heterocycles. The lowest BCUT2D eigenvalue weighted by atomic mass is 9.78. The zero-order valence-corrected chi connectivity index (χ0v) is 13.5. The molecule has 1 aliphatic carbocycles. The van der Waals surface area contributed by atoms with Gasteiger partial charge in [-0.25, -0.2) is 0 Å². The molecule has 1 aromatic carbocycles. The number of amides is 1. The Kier molecular flexibility index (Phi) is 5.04. The second kappa shape index (κ2) is 6.61. The number of carbonyl (C=O) groups is 1. The Bertz CT molecular complexity index is 470. The van der Waals surface area contributed by atoms with E-state index in [-0.39, 0.29) is 11.3 Å². The van der Waals surface area contributed by atoms with Crippen LogP contribution in [-0.2, 0) is 10.2 Å². The lowest BCUT2D eigenvalue weighted by Crippen LogP contribution is -2.45. The van der Waals surface area contributed by atoms with Crippen molar-refractivity contribution in [3.63, 3.8) is 0 Å². The predicted octanol–water partition coefficient (Wildman–Crippen LogP) is 3.09. The molecule has 1 fully saturated rings. The van der Waals surface area contributed by atoms with E-state index in [2.05, 4.69) is 43.4 Å². The summed E-state index contributed by atoms with van der Waals surface area (Å²) in [6, 6.07) is 8.52. The summed E-state index contributed by atoms with van der Waals surface area (Å²) in [6.45, 7) is 6.86. The molecule has 116 valence electrons. The highest BCUT2D eigenvalue weighted by molar-refractivity contribution is 5.81. The van der Waals surface area contributed by atoms with E-state index < -0.39 is 6.04 Å². The van der Waals surface area contributed by atoms with Crippen LogP contribution in [0.5, 0.6) is 0 Å². The maximum Gasteiger partial charge on any atom is 0.236 e. The lowest BCUT2D eigenvalue weighted by Gasteiger charge is -2.30. The quantitative estimate of drug-likeness (QED) is 0.875. The van der Waals surface area contributed by atoms with E-state index in [0.717, 1.165) is 12.8 Å². The minimum absolute atomic E-state index is 0.0555. The molecule has 0 spiro atoms. The average Bonchev–Trinajstić information content (AvgIpc) is 2.94. The molecule has 0 heterocycles. The van der Waals surface area contributed by atoms with Crippen molar-refractivity contribution in [3.05, 3.63) is 35.4 Å². The molecule has 0 radical (unpaired) electrons. The molecular formula is C18H28N2O. The van der Waals surface area contributed by atoms with Gasteiger partial charge in [-0.3, -0.25) is 4.79 Å². The van der Waals surface area contributed by atoms with Gasteiger partial charge in [0.25, 0.3) is 0 Å². The van der Waals surface area contributed by atoms with Crippen LogP contribution in [-0.4, -0.2) is 18.5 Å². The molecule has 1 aliphatic rings. The fourth-order valence-corrected chi connectivity index (χ4v) is 3.26. The van der Waals surface area contributed by atoms with Crippen LogP contribution < -0.4 is 11.1 Å². The monoisotopic (exact) mass is 288 g/mol. The van der Waals surface area contributed by atoms with Crippen LogP contribution in [0.2, 0.25) is 0 Å². The van der Waals surface area contributed by atoms with Crippen LogP contribution in [0, 0.1) is 0 Å². The predicted molar refractivity (Wildman–Crippen MR) is 87.3 cm³/mol. The number of hydrogen-bond donors (Lipinski definition) is 2. The van der Waals surface area contributed by atoms with E-state index in [1.54, 1.807) is 6.92 Å². The Balaban J connectivity index is 2.15. The fourth-order valence-electron chi connectivity index (χ4n) is 3.26. The maximum absolute atomic E-state index is 11.8. The third-order valence-corrected chi connectivity index (χ3v) is 4.76. The largest absolute Gasteiger partial charge is 0.354 e. The van der Waals surface area contributed by atoms with Crippen LogP contribution in [0.3, 0.4) is 0 Å². The molecule has 3 heteroatoms. The van der Waals surface area contributed by atoms with E-state index >= 15 is 0 Å². The summed E-state index contributed by atoms with van der Waals surface area (Å²) in [5.74, 6) is 0.497. The van der Waals surface area contributed by atoms with Crippen molar-refractivity contribution in [1.29, 1.82) is 0 Å². The molecule has 0 bridgehead atoms. The van der Waals surface area contributed by atoms with Gasteiger partial charge in [-0.2, -0.15) is 0 Å². The first-order valence-electron chi connectivity index (χ1n) is 8.08. The Labute approximate surface area is 128 Å². The molecule has 0 saturated heterocycles. The Morgan fingerprint density at radius 1 is 1.19 bits per heavy atom. The van der Waals surface area contributed by atoms with Crippen LogP contribution >= 0.6 is 0 Å². The van der Waals surface area contributed by atoms with Crippen LogP contribution in [0.25, 0.3) is 0 Å². The summed E-state index contributed by atoms with van der Waals surface area (Å²) in [6.07, 6.45) is 4.76. The highest BCUT2D eigenvalue weighted by Gasteiger charge is 2.36. The van der Waals surface area contributed by atoms with Crippen LogP contribution in [0.15, 0.2) is 24.3 Å². The van der Waals surface area contributed by atoms with Crippen molar-refractivity contribution >= 4 is 5.91 Å².